The molecule has 0 bridgehead atoms. The summed E-state index contributed by atoms with van der Waals surface area (Å²) in [4.78, 5) is 17.5. The Kier molecular flexibility index (Phi) is 10.2. The van der Waals surface area contributed by atoms with Gasteiger partial charge in [0.25, 0.3) is 5.91 Å². The van der Waals surface area contributed by atoms with Crippen LogP contribution >= 0.6 is 0 Å². The molecule has 7 nitrogen and oxygen atoms in total. The van der Waals surface area contributed by atoms with Crippen LogP contribution in [0.1, 0.15) is 60.0 Å². The average Bonchev–Trinajstić information content (AvgIpc) is 3.41. The summed E-state index contributed by atoms with van der Waals surface area (Å²) in [6.07, 6.45) is 4.81. The third kappa shape index (κ3) is 7.85. The van der Waals surface area contributed by atoms with E-state index in [0.717, 1.165) is 48.9 Å². The van der Waals surface area contributed by atoms with Crippen molar-refractivity contribution >= 4 is 5.91 Å². The molecular formula is C31H41N3O4. The Labute approximate surface area is 226 Å². The van der Waals surface area contributed by atoms with Crippen molar-refractivity contribution in [1.82, 2.24) is 15.1 Å². The van der Waals surface area contributed by atoms with Crippen LogP contribution in [0.5, 0.6) is 11.5 Å². The van der Waals surface area contributed by atoms with Gasteiger partial charge in [-0.25, -0.2) is 0 Å². The van der Waals surface area contributed by atoms with E-state index >= 15 is 0 Å². The number of carbonyl (C=O) groups is 1. The van der Waals surface area contributed by atoms with Gasteiger partial charge in [0, 0.05) is 37.8 Å². The monoisotopic (exact) mass is 519 g/mol. The molecule has 0 radical (unpaired) electrons. The molecule has 204 valence electrons. The average molecular weight is 520 g/mol. The molecule has 7 heteroatoms. The predicted octanol–water partition coefficient (Wildman–Crippen LogP) is 5.49. The summed E-state index contributed by atoms with van der Waals surface area (Å²) >= 11 is 0. The highest BCUT2D eigenvalue weighted by Crippen LogP contribution is 2.27. The summed E-state index contributed by atoms with van der Waals surface area (Å²) in [5.41, 5.74) is 2.22. The number of ether oxygens (including phenoxy) is 2. The first-order chi connectivity index (χ1) is 18.6. The number of hydrogen-bond acceptors (Lipinski definition) is 6. The highest BCUT2D eigenvalue weighted by molar-refractivity contribution is 5.91. The van der Waals surface area contributed by atoms with E-state index in [2.05, 4.69) is 34.2 Å². The largest absolute Gasteiger partial charge is 0.497 e. The first-order valence-electron chi connectivity index (χ1n) is 13.6. The zero-order valence-corrected chi connectivity index (χ0v) is 22.9. The lowest BCUT2D eigenvalue weighted by atomic mass is 10.0. The van der Waals surface area contributed by atoms with Crippen molar-refractivity contribution in [3.8, 4) is 11.5 Å². The molecule has 2 heterocycles. The van der Waals surface area contributed by atoms with Crippen LogP contribution in [0, 0.1) is 0 Å². The summed E-state index contributed by atoms with van der Waals surface area (Å²) in [6.45, 7) is 7.03. The standard InChI is InChI=1S/C31H41N3O4/c1-24-10-7-8-18-34(24)19-9-17-32-31(35)30-16-14-28(38-30)23-33(21-25-11-5-4-6-12-25)22-26-20-27(36-2)13-15-29(26)37-3/h4-6,11-16,20,24H,7-10,17-19,21-23H2,1-3H3,(H,32,35). The first-order valence-corrected chi connectivity index (χ1v) is 13.6. The molecule has 1 aliphatic heterocycles. The maximum Gasteiger partial charge on any atom is 0.286 e. The number of piperidine rings is 1. The van der Waals surface area contributed by atoms with Crippen LogP contribution in [0.15, 0.2) is 65.1 Å². The van der Waals surface area contributed by atoms with Gasteiger partial charge in [-0.15, -0.1) is 0 Å². The maximum atomic E-state index is 12.7. The van der Waals surface area contributed by atoms with Gasteiger partial charge >= 0.3 is 0 Å². The summed E-state index contributed by atoms with van der Waals surface area (Å²) in [5.74, 6) is 2.53. The highest BCUT2D eigenvalue weighted by Gasteiger charge is 2.19. The lowest BCUT2D eigenvalue weighted by Crippen LogP contribution is -2.39. The van der Waals surface area contributed by atoms with Crippen molar-refractivity contribution < 1.29 is 18.7 Å². The van der Waals surface area contributed by atoms with Crippen molar-refractivity contribution in [2.24, 2.45) is 0 Å². The second-order valence-corrected chi connectivity index (χ2v) is 10.1. The van der Waals surface area contributed by atoms with Gasteiger partial charge in [-0.3, -0.25) is 9.69 Å². The predicted molar refractivity (Wildman–Crippen MR) is 149 cm³/mol. The Bertz CT molecular complexity index is 1150. The third-order valence-electron chi connectivity index (χ3n) is 7.24. The minimum absolute atomic E-state index is 0.160. The van der Waals surface area contributed by atoms with Crippen molar-refractivity contribution in [3.63, 3.8) is 0 Å². The molecular weight excluding hydrogens is 478 g/mol. The van der Waals surface area contributed by atoms with Crippen molar-refractivity contribution in [3.05, 3.63) is 83.3 Å². The van der Waals surface area contributed by atoms with Gasteiger partial charge in [0.2, 0.25) is 0 Å². The van der Waals surface area contributed by atoms with E-state index in [1.54, 1.807) is 20.3 Å². The quantitative estimate of drug-likeness (QED) is 0.301. The number of hydrogen-bond donors (Lipinski definition) is 1. The van der Waals surface area contributed by atoms with E-state index in [1.807, 2.05) is 42.5 Å². The normalized spacial score (nSPS) is 15.9. The number of likely N-dealkylation sites (tertiary alicyclic amines) is 1. The van der Waals surface area contributed by atoms with Crippen LogP contribution in [0.4, 0.5) is 0 Å². The third-order valence-corrected chi connectivity index (χ3v) is 7.24. The molecule has 0 aliphatic carbocycles. The molecule has 0 spiro atoms. The van der Waals surface area contributed by atoms with E-state index in [4.69, 9.17) is 13.9 Å². The molecule has 1 fully saturated rings. The van der Waals surface area contributed by atoms with E-state index in [9.17, 15) is 4.79 Å². The first kappa shape index (κ1) is 27.7. The second kappa shape index (κ2) is 14.0. The molecule has 1 aliphatic rings. The van der Waals surface area contributed by atoms with Gasteiger partial charge in [0.05, 0.1) is 20.8 Å². The number of benzene rings is 2. The van der Waals surface area contributed by atoms with Gasteiger partial charge in [0.1, 0.15) is 17.3 Å². The fourth-order valence-corrected chi connectivity index (χ4v) is 5.12. The molecule has 2 aromatic carbocycles. The number of nitrogens with zero attached hydrogens (tertiary/aromatic N) is 2. The van der Waals surface area contributed by atoms with E-state index in [0.29, 0.717) is 31.4 Å². The zero-order chi connectivity index (χ0) is 26.7. The molecule has 1 aromatic heterocycles. The molecule has 3 aromatic rings. The van der Waals surface area contributed by atoms with Crippen LogP contribution in [0.2, 0.25) is 0 Å². The number of nitrogens with one attached hydrogen (secondary N) is 1. The number of rotatable bonds is 13. The molecule has 1 unspecified atom stereocenters. The molecule has 1 saturated heterocycles. The van der Waals surface area contributed by atoms with Crippen LogP contribution in [-0.2, 0) is 19.6 Å². The Hall–Kier alpha value is -3.29. The van der Waals surface area contributed by atoms with Gasteiger partial charge in [-0.2, -0.15) is 0 Å². The smallest absolute Gasteiger partial charge is 0.286 e. The maximum absolute atomic E-state index is 12.7. The molecule has 1 atom stereocenters. The Morgan fingerprint density at radius 1 is 1.03 bits per heavy atom. The van der Waals surface area contributed by atoms with Crippen molar-refractivity contribution in [1.29, 1.82) is 0 Å². The van der Waals surface area contributed by atoms with Crippen molar-refractivity contribution in [2.45, 2.75) is 58.3 Å². The molecule has 38 heavy (non-hydrogen) atoms. The fourth-order valence-electron chi connectivity index (χ4n) is 5.12. The lowest BCUT2D eigenvalue weighted by Gasteiger charge is -2.33. The van der Waals surface area contributed by atoms with Crippen LogP contribution < -0.4 is 14.8 Å². The number of amides is 1. The molecule has 4 rings (SSSR count). The van der Waals surface area contributed by atoms with E-state index in [-0.39, 0.29) is 5.91 Å². The number of carbonyl (C=O) groups excluding carboxylic acids is 1. The summed E-state index contributed by atoms with van der Waals surface area (Å²) < 4.78 is 17.1. The summed E-state index contributed by atoms with van der Waals surface area (Å²) in [6, 6.07) is 20.5. The Balaban J connectivity index is 1.37. The SMILES string of the molecule is COc1ccc(OC)c(CN(Cc2ccccc2)Cc2ccc(C(=O)NCCCN3CCCCC3C)o2)c1. The lowest BCUT2D eigenvalue weighted by molar-refractivity contribution is 0.0916. The van der Waals surface area contributed by atoms with Gasteiger partial charge < -0.3 is 24.1 Å². The van der Waals surface area contributed by atoms with Gasteiger partial charge in [-0.1, -0.05) is 36.8 Å². The molecule has 1 amide bonds. The molecule has 0 saturated carbocycles. The summed E-state index contributed by atoms with van der Waals surface area (Å²) in [7, 11) is 3.34. The number of methoxy groups -OCH3 is 2. The van der Waals surface area contributed by atoms with Crippen LogP contribution in [0.3, 0.4) is 0 Å². The summed E-state index contributed by atoms with van der Waals surface area (Å²) in [5, 5.41) is 3.02. The fraction of sp³-hybridized carbons (Fsp3) is 0.452. The highest BCUT2D eigenvalue weighted by atomic mass is 16.5. The van der Waals surface area contributed by atoms with Gasteiger partial charge in [-0.05, 0) is 68.6 Å². The van der Waals surface area contributed by atoms with Crippen molar-refractivity contribution in [2.75, 3.05) is 33.9 Å². The van der Waals surface area contributed by atoms with Gasteiger partial charge in [0.15, 0.2) is 5.76 Å². The minimum atomic E-state index is -0.160. The van der Waals surface area contributed by atoms with E-state index < -0.39 is 0 Å². The van der Waals surface area contributed by atoms with Crippen LogP contribution in [0.25, 0.3) is 0 Å². The second-order valence-electron chi connectivity index (χ2n) is 10.1. The minimum Gasteiger partial charge on any atom is -0.497 e. The zero-order valence-electron chi connectivity index (χ0n) is 22.9. The number of furan rings is 1. The topological polar surface area (TPSA) is 67.2 Å². The molecule has 1 N–H and O–H groups in total. The van der Waals surface area contributed by atoms with Crippen LogP contribution in [-0.4, -0.2) is 55.6 Å². The Morgan fingerprint density at radius 2 is 1.87 bits per heavy atom. The Morgan fingerprint density at radius 3 is 2.63 bits per heavy atom. The van der Waals surface area contributed by atoms with E-state index in [1.165, 1.54) is 24.8 Å².